The van der Waals surface area contributed by atoms with Crippen molar-refractivity contribution in [2.45, 2.75) is 38.8 Å². The third kappa shape index (κ3) is 5.03. The zero-order valence-electron chi connectivity index (χ0n) is 12.9. The Kier molecular flexibility index (Phi) is 6.90. The number of nitrogens with two attached hydrogens (primary N) is 1. The zero-order chi connectivity index (χ0) is 15.4. The molecule has 0 spiro atoms. The largest absolute Gasteiger partial charge is 0.459 e. The Morgan fingerprint density at radius 2 is 2.09 bits per heavy atom. The van der Waals surface area contributed by atoms with Gasteiger partial charge in [-0.2, -0.15) is 0 Å². The lowest BCUT2D eigenvalue weighted by Crippen LogP contribution is -2.51. The molecule has 4 N–H and O–H groups in total. The van der Waals surface area contributed by atoms with Gasteiger partial charge in [-0.15, -0.1) is 12.4 Å². The molecule has 1 fully saturated rings. The van der Waals surface area contributed by atoms with Gasteiger partial charge in [0, 0.05) is 12.6 Å². The number of amides is 2. The first-order chi connectivity index (χ1) is 9.99. The fourth-order valence-electron chi connectivity index (χ4n) is 2.17. The standard InChI is InChI=1S/C15H23N3O3.ClH/c1-9(2)13(18-14(19)12-4-3-7-21-12)15(20)17-8-11(16)10-5-6-10;/h3-4,7,9-11,13H,5-6,8,16H2,1-2H3,(H,17,20)(H,18,19);1H. The topological polar surface area (TPSA) is 97.4 Å². The van der Waals surface area contributed by atoms with Crippen LogP contribution in [0.25, 0.3) is 0 Å². The van der Waals surface area contributed by atoms with Gasteiger partial charge in [-0.05, 0) is 36.8 Å². The molecule has 1 heterocycles. The van der Waals surface area contributed by atoms with Crippen molar-refractivity contribution in [3.8, 4) is 0 Å². The summed E-state index contributed by atoms with van der Waals surface area (Å²) in [5, 5.41) is 5.53. The van der Waals surface area contributed by atoms with Crippen LogP contribution in [0.5, 0.6) is 0 Å². The van der Waals surface area contributed by atoms with Gasteiger partial charge in [0.1, 0.15) is 6.04 Å². The van der Waals surface area contributed by atoms with E-state index in [1.54, 1.807) is 12.1 Å². The van der Waals surface area contributed by atoms with Crippen molar-refractivity contribution in [1.29, 1.82) is 0 Å². The van der Waals surface area contributed by atoms with Gasteiger partial charge in [-0.3, -0.25) is 9.59 Å². The highest BCUT2D eigenvalue weighted by molar-refractivity contribution is 5.95. The monoisotopic (exact) mass is 329 g/mol. The lowest BCUT2D eigenvalue weighted by molar-refractivity contribution is -0.124. The molecule has 1 aliphatic rings. The maximum absolute atomic E-state index is 12.2. The van der Waals surface area contributed by atoms with Gasteiger partial charge >= 0.3 is 0 Å². The van der Waals surface area contributed by atoms with Gasteiger partial charge in [-0.1, -0.05) is 13.8 Å². The highest BCUT2D eigenvalue weighted by atomic mass is 35.5. The van der Waals surface area contributed by atoms with Gasteiger partial charge in [0.2, 0.25) is 5.91 Å². The molecule has 1 aromatic rings. The maximum Gasteiger partial charge on any atom is 0.287 e. The SMILES string of the molecule is CC(C)C(NC(=O)c1ccco1)C(=O)NCC(N)C1CC1.Cl. The van der Waals surface area contributed by atoms with Crippen LogP contribution in [0.2, 0.25) is 0 Å². The first-order valence-electron chi connectivity index (χ1n) is 7.36. The van der Waals surface area contributed by atoms with Crippen molar-refractivity contribution >= 4 is 24.2 Å². The van der Waals surface area contributed by atoms with Gasteiger partial charge in [0.25, 0.3) is 5.91 Å². The van der Waals surface area contributed by atoms with E-state index in [4.69, 9.17) is 10.2 Å². The number of hydrogen-bond acceptors (Lipinski definition) is 4. The number of carbonyl (C=O) groups excluding carboxylic acids is 2. The number of halogens is 1. The minimum Gasteiger partial charge on any atom is -0.459 e. The molecule has 1 saturated carbocycles. The predicted octanol–water partition coefficient (Wildman–Crippen LogP) is 1.31. The first kappa shape index (κ1) is 18.5. The molecule has 1 aromatic heterocycles. The van der Waals surface area contributed by atoms with E-state index in [0.29, 0.717) is 12.5 Å². The number of rotatable bonds is 7. The summed E-state index contributed by atoms with van der Waals surface area (Å²) in [4.78, 5) is 24.2. The zero-order valence-corrected chi connectivity index (χ0v) is 13.7. The number of nitrogens with one attached hydrogen (secondary N) is 2. The minimum atomic E-state index is -0.603. The van der Waals surface area contributed by atoms with Crippen LogP contribution < -0.4 is 16.4 Å². The molecule has 2 atom stereocenters. The van der Waals surface area contributed by atoms with E-state index in [0.717, 1.165) is 12.8 Å². The Labute approximate surface area is 136 Å². The third-order valence-electron chi connectivity index (χ3n) is 3.72. The molecule has 0 bridgehead atoms. The molecule has 2 rings (SSSR count). The molecule has 0 aromatic carbocycles. The highest BCUT2D eigenvalue weighted by Crippen LogP contribution is 2.31. The Bertz CT molecular complexity index is 486. The number of furan rings is 1. The van der Waals surface area contributed by atoms with E-state index >= 15 is 0 Å². The summed E-state index contributed by atoms with van der Waals surface area (Å²) >= 11 is 0. The van der Waals surface area contributed by atoms with Crippen molar-refractivity contribution in [2.75, 3.05) is 6.54 Å². The quantitative estimate of drug-likeness (QED) is 0.702. The number of carbonyl (C=O) groups is 2. The lowest BCUT2D eigenvalue weighted by atomic mass is 10.0. The molecular weight excluding hydrogens is 306 g/mol. The predicted molar refractivity (Wildman–Crippen MR) is 85.8 cm³/mol. The van der Waals surface area contributed by atoms with Crippen molar-refractivity contribution in [2.24, 2.45) is 17.6 Å². The highest BCUT2D eigenvalue weighted by Gasteiger charge is 2.30. The van der Waals surface area contributed by atoms with E-state index in [2.05, 4.69) is 10.6 Å². The van der Waals surface area contributed by atoms with Crippen LogP contribution >= 0.6 is 12.4 Å². The molecule has 0 saturated heterocycles. The minimum absolute atomic E-state index is 0. The summed E-state index contributed by atoms with van der Waals surface area (Å²) in [6.07, 6.45) is 3.70. The van der Waals surface area contributed by atoms with Gasteiger partial charge in [0.15, 0.2) is 5.76 Å². The van der Waals surface area contributed by atoms with Crippen LogP contribution in [0.15, 0.2) is 22.8 Å². The van der Waals surface area contributed by atoms with Crippen LogP contribution in [0.3, 0.4) is 0 Å². The van der Waals surface area contributed by atoms with E-state index in [9.17, 15) is 9.59 Å². The third-order valence-corrected chi connectivity index (χ3v) is 3.72. The Balaban J connectivity index is 0.00000242. The summed E-state index contributed by atoms with van der Waals surface area (Å²) in [6, 6.07) is 2.60. The summed E-state index contributed by atoms with van der Waals surface area (Å²) in [5.74, 6) is 0.103. The second-order valence-corrected chi connectivity index (χ2v) is 5.92. The second kappa shape index (κ2) is 8.19. The molecule has 22 heavy (non-hydrogen) atoms. The Morgan fingerprint density at radius 3 is 2.59 bits per heavy atom. The fraction of sp³-hybridized carbons (Fsp3) is 0.600. The summed E-state index contributed by atoms with van der Waals surface area (Å²) in [5.41, 5.74) is 5.96. The second-order valence-electron chi connectivity index (χ2n) is 5.92. The fourth-order valence-corrected chi connectivity index (χ4v) is 2.17. The van der Waals surface area contributed by atoms with Gasteiger partial charge < -0.3 is 20.8 Å². The van der Waals surface area contributed by atoms with Gasteiger partial charge in [0.05, 0.1) is 6.26 Å². The van der Waals surface area contributed by atoms with E-state index in [-0.39, 0.29) is 41.9 Å². The smallest absolute Gasteiger partial charge is 0.287 e. The maximum atomic E-state index is 12.2. The lowest BCUT2D eigenvalue weighted by Gasteiger charge is -2.22. The molecule has 7 heteroatoms. The average Bonchev–Trinajstić information content (AvgIpc) is 3.16. The molecular formula is C15H24ClN3O3. The summed E-state index contributed by atoms with van der Waals surface area (Å²) in [7, 11) is 0. The Hall–Kier alpha value is -1.53. The average molecular weight is 330 g/mol. The molecule has 0 aliphatic heterocycles. The summed E-state index contributed by atoms with van der Waals surface area (Å²) in [6.45, 7) is 4.21. The van der Waals surface area contributed by atoms with Crippen molar-refractivity contribution < 1.29 is 14.0 Å². The van der Waals surface area contributed by atoms with E-state index < -0.39 is 6.04 Å². The van der Waals surface area contributed by atoms with E-state index in [1.807, 2.05) is 13.8 Å². The normalized spacial score (nSPS) is 16.5. The molecule has 2 unspecified atom stereocenters. The van der Waals surface area contributed by atoms with Crippen molar-refractivity contribution in [1.82, 2.24) is 10.6 Å². The van der Waals surface area contributed by atoms with Gasteiger partial charge in [-0.25, -0.2) is 0 Å². The molecule has 0 radical (unpaired) electrons. The molecule has 6 nitrogen and oxygen atoms in total. The Morgan fingerprint density at radius 1 is 1.41 bits per heavy atom. The van der Waals surface area contributed by atoms with Crippen LogP contribution in [0.4, 0.5) is 0 Å². The first-order valence-corrected chi connectivity index (χ1v) is 7.36. The van der Waals surface area contributed by atoms with E-state index in [1.165, 1.54) is 6.26 Å². The number of hydrogen-bond donors (Lipinski definition) is 3. The van der Waals surface area contributed by atoms with Crippen molar-refractivity contribution in [3.05, 3.63) is 24.2 Å². The van der Waals surface area contributed by atoms with Crippen LogP contribution in [-0.4, -0.2) is 30.4 Å². The molecule has 1 aliphatic carbocycles. The van der Waals surface area contributed by atoms with Crippen LogP contribution in [0.1, 0.15) is 37.2 Å². The molecule has 124 valence electrons. The molecule has 2 amide bonds. The van der Waals surface area contributed by atoms with Crippen molar-refractivity contribution in [3.63, 3.8) is 0 Å². The van der Waals surface area contributed by atoms with Crippen LogP contribution in [0, 0.1) is 11.8 Å². The summed E-state index contributed by atoms with van der Waals surface area (Å²) < 4.78 is 5.03. The van der Waals surface area contributed by atoms with Crippen LogP contribution in [-0.2, 0) is 4.79 Å².